The Balaban J connectivity index is 2.94. The molecule has 0 aliphatic rings. The molecule has 0 heterocycles. The molecule has 0 bridgehead atoms. The van der Waals surface area contributed by atoms with Crippen LogP contribution in [-0.4, -0.2) is 5.11 Å². The number of benzene rings is 2. The maximum absolute atomic E-state index is 9.39. The van der Waals surface area contributed by atoms with Gasteiger partial charge in [0.25, 0.3) is 0 Å². The SMILES string of the molecule is N#Cc1c(O)ccc2ccccc12. The van der Waals surface area contributed by atoms with Gasteiger partial charge in [0.2, 0.25) is 0 Å². The van der Waals surface area contributed by atoms with Gasteiger partial charge in [0.05, 0.1) is 0 Å². The lowest BCUT2D eigenvalue weighted by Crippen LogP contribution is -1.79. The standard InChI is InChI=1S/C11H7NO/c12-7-10-9-4-2-1-3-8(9)5-6-11(10)13/h1-6,13H. The first-order valence-electron chi connectivity index (χ1n) is 3.94. The first-order valence-corrected chi connectivity index (χ1v) is 3.94. The van der Waals surface area contributed by atoms with Crippen LogP contribution in [-0.2, 0) is 0 Å². The zero-order valence-electron chi connectivity index (χ0n) is 6.86. The fourth-order valence-corrected chi connectivity index (χ4v) is 1.38. The molecule has 0 saturated carbocycles. The summed E-state index contributed by atoms with van der Waals surface area (Å²) in [6, 6.07) is 12.8. The van der Waals surface area contributed by atoms with Crippen LogP contribution in [0, 0.1) is 11.3 Å². The van der Waals surface area contributed by atoms with Gasteiger partial charge in [-0.2, -0.15) is 5.26 Å². The largest absolute Gasteiger partial charge is 0.507 e. The van der Waals surface area contributed by atoms with Gasteiger partial charge in [-0.15, -0.1) is 0 Å². The maximum Gasteiger partial charge on any atom is 0.133 e. The van der Waals surface area contributed by atoms with Crippen molar-refractivity contribution in [2.45, 2.75) is 0 Å². The van der Waals surface area contributed by atoms with Gasteiger partial charge >= 0.3 is 0 Å². The van der Waals surface area contributed by atoms with Crippen molar-refractivity contribution in [2.24, 2.45) is 0 Å². The molecular formula is C11H7NO. The lowest BCUT2D eigenvalue weighted by atomic mass is 10.0. The fourth-order valence-electron chi connectivity index (χ4n) is 1.38. The van der Waals surface area contributed by atoms with Crippen LogP contribution < -0.4 is 0 Å². The second kappa shape index (κ2) is 2.80. The number of nitrogens with zero attached hydrogens (tertiary/aromatic N) is 1. The van der Waals surface area contributed by atoms with Crippen LogP contribution in [0.2, 0.25) is 0 Å². The summed E-state index contributed by atoms with van der Waals surface area (Å²) in [6.07, 6.45) is 0. The van der Waals surface area contributed by atoms with E-state index in [0.29, 0.717) is 5.56 Å². The summed E-state index contributed by atoms with van der Waals surface area (Å²) in [7, 11) is 0. The summed E-state index contributed by atoms with van der Waals surface area (Å²) in [6.45, 7) is 0. The van der Waals surface area contributed by atoms with Crippen molar-refractivity contribution in [3.05, 3.63) is 42.0 Å². The topological polar surface area (TPSA) is 44.0 Å². The van der Waals surface area contributed by atoms with Gasteiger partial charge in [0.1, 0.15) is 17.4 Å². The van der Waals surface area contributed by atoms with Gasteiger partial charge in [0, 0.05) is 5.39 Å². The van der Waals surface area contributed by atoms with Crippen LogP contribution in [0.25, 0.3) is 10.8 Å². The summed E-state index contributed by atoms with van der Waals surface area (Å²) < 4.78 is 0. The van der Waals surface area contributed by atoms with Crippen molar-refractivity contribution in [1.29, 1.82) is 5.26 Å². The number of phenolic OH excluding ortho intramolecular Hbond substituents is 1. The molecule has 0 aromatic heterocycles. The van der Waals surface area contributed by atoms with E-state index in [1.165, 1.54) is 0 Å². The lowest BCUT2D eigenvalue weighted by Gasteiger charge is -2.00. The Bertz CT molecular complexity index is 497. The number of rotatable bonds is 0. The molecule has 0 radical (unpaired) electrons. The maximum atomic E-state index is 9.39. The van der Waals surface area contributed by atoms with Crippen LogP contribution in [0.1, 0.15) is 5.56 Å². The minimum absolute atomic E-state index is 0.0428. The van der Waals surface area contributed by atoms with Crippen molar-refractivity contribution >= 4 is 10.8 Å². The van der Waals surface area contributed by atoms with Crippen molar-refractivity contribution in [3.63, 3.8) is 0 Å². The van der Waals surface area contributed by atoms with Gasteiger partial charge in [-0.3, -0.25) is 0 Å². The highest BCUT2D eigenvalue weighted by atomic mass is 16.3. The number of fused-ring (bicyclic) bond motifs is 1. The predicted molar refractivity (Wildman–Crippen MR) is 50.3 cm³/mol. The Morgan fingerprint density at radius 2 is 1.85 bits per heavy atom. The smallest absolute Gasteiger partial charge is 0.133 e. The van der Waals surface area contributed by atoms with Crippen molar-refractivity contribution in [3.8, 4) is 11.8 Å². The zero-order chi connectivity index (χ0) is 9.26. The summed E-state index contributed by atoms with van der Waals surface area (Å²) >= 11 is 0. The predicted octanol–water partition coefficient (Wildman–Crippen LogP) is 2.42. The fraction of sp³-hybridized carbons (Fsp3) is 0. The van der Waals surface area contributed by atoms with E-state index >= 15 is 0 Å². The van der Waals surface area contributed by atoms with Gasteiger partial charge < -0.3 is 5.11 Å². The molecule has 0 amide bonds. The number of aromatic hydroxyl groups is 1. The minimum Gasteiger partial charge on any atom is -0.507 e. The molecular weight excluding hydrogens is 162 g/mol. The molecule has 0 saturated heterocycles. The molecule has 13 heavy (non-hydrogen) atoms. The number of hydrogen-bond acceptors (Lipinski definition) is 2. The van der Waals surface area contributed by atoms with Crippen molar-refractivity contribution < 1.29 is 5.11 Å². The summed E-state index contributed by atoms with van der Waals surface area (Å²) in [4.78, 5) is 0. The first-order chi connectivity index (χ1) is 6.33. The highest BCUT2D eigenvalue weighted by molar-refractivity contribution is 5.89. The molecule has 0 spiro atoms. The van der Waals surface area contributed by atoms with E-state index in [0.717, 1.165) is 10.8 Å². The first kappa shape index (κ1) is 7.63. The van der Waals surface area contributed by atoms with Gasteiger partial charge in [-0.05, 0) is 11.5 Å². The van der Waals surface area contributed by atoms with Crippen LogP contribution in [0.15, 0.2) is 36.4 Å². The Kier molecular flexibility index (Phi) is 1.64. The Morgan fingerprint density at radius 1 is 1.08 bits per heavy atom. The quantitative estimate of drug-likeness (QED) is 0.658. The van der Waals surface area contributed by atoms with Crippen LogP contribution in [0.3, 0.4) is 0 Å². The Labute approximate surface area is 75.7 Å². The average molecular weight is 169 g/mol. The normalized spacial score (nSPS) is 9.77. The Hall–Kier alpha value is -2.01. The molecule has 0 aliphatic heterocycles. The van der Waals surface area contributed by atoms with Crippen molar-refractivity contribution in [2.75, 3.05) is 0 Å². The molecule has 2 heteroatoms. The number of hydrogen-bond donors (Lipinski definition) is 1. The zero-order valence-corrected chi connectivity index (χ0v) is 6.86. The van der Waals surface area contributed by atoms with Gasteiger partial charge in [-0.25, -0.2) is 0 Å². The monoisotopic (exact) mass is 169 g/mol. The van der Waals surface area contributed by atoms with E-state index in [4.69, 9.17) is 5.26 Å². The summed E-state index contributed by atoms with van der Waals surface area (Å²) in [5, 5.41) is 20.0. The van der Waals surface area contributed by atoms with E-state index in [1.54, 1.807) is 12.1 Å². The van der Waals surface area contributed by atoms with Crippen LogP contribution >= 0.6 is 0 Å². The van der Waals surface area contributed by atoms with Gasteiger partial charge in [0.15, 0.2) is 0 Å². The molecule has 62 valence electrons. The molecule has 0 fully saturated rings. The average Bonchev–Trinajstić information content (AvgIpc) is 2.18. The van der Waals surface area contributed by atoms with E-state index in [1.807, 2.05) is 30.3 Å². The molecule has 0 unspecified atom stereocenters. The molecule has 0 atom stereocenters. The third kappa shape index (κ3) is 1.11. The lowest BCUT2D eigenvalue weighted by molar-refractivity contribution is 0.474. The second-order valence-corrected chi connectivity index (χ2v) is 2.79. The number of phenols is 1. The highest BCUT2D eigenvalue weighted by Crippen LogP contribution is 2.25. The number of nitriles is 1. The van der Waals surface area contributed by atoms with E-state index < -0.39 is 0 Å². The third-order valence-electron chi connectivity index (χ3n) is 2.02. The third-order valence-corrected chi connectivity index (χ3v) is 2.02. The van der Waals surface area contributed by atoms with Crippen molar-refractivity contribution in [1.82, 2.24) is 0 Å². The Morgan fingerprint density at radius 3 is 2.62 bits per heavy atom. The van der Waals surface area contributed by atoms with E-state index in [2.05, 4.69) is 0 Å². The molecule has 0 aliphatic carbocycles. The van der Waals surface area contributed by atoms with Gasteiger partial charge in [-0.1, -0.05) is 30.3 Å². The van der Waals surface area contributed by atoms with E-state index in [9.17, 15) is 5.11 Å². The summed E-state index contributed by atoms with van der Waals surface area (Å²) in [5.41, 5.74) is 0.345. The minimum atomic E-state index is 0.0428. The molecule has 2 nitrogen and oxygen atoms in total. The molecule has 2 rings (SSSR count). The highest BCUT2D eigenvalue weighted by Gasteiger charge is 2.04. The molecule has 1 N–H and O–H groups in total. The summed E-state index contributed by atoms with van der Waals surface area (Å²) in [5.74, 6) is 0.0428. The van der Waals surface area contributed by atoms with E-state index in [-0.39, 0.29) is 5.75 Å². The van der Waals surface area contributed by atoms with Crippen LogP contribution in [0.5, 0.6) is 5.75 Å². The molecule has 2 aromatic carbocycles. The molecule has 2 aromatic rings. The second-order valence-electron chi connectivity index (χ2n) is 2.79. The van der Waals surface area contributed by atoms with Crippen LogP contribution in [0.4, 0.5) is 0 Å².